The maximum Gasteiger partial charge on any atom is 0.230 e. The van der Waals surface area contributed by atoms with E-state index >= 15 is 0 Å². The van der Waals surface area contributed by atoms with E-state index < -0.39 is 0 Å². The molecule has 1 aromatic carbocycles. The molecule has 0 aliphatic heterocycles. The number of anilines is 2. The Kier molecular flexibility index (Phi) is 6.85. The molecule has 23 heavy (non-hydrogen) atoms. The normalized spacial score (nSPS) is 12.0. The highest BCUT2D eigenvalue weighted by molar-refractivity contribution is 8.01. The van der Waals surface area contributed by atoms with Crippen molar-refractivity contribution in [2.75, 3.05) is 11.1 Å². The van der Waals surface area contributed by atoms with E-state index in [9.17, 15) is 4.79 Å². The smallest absolute Gasteiger partial charge is 0.230 e. The van der Waals surface area contributed by atoms with E-state index in [1.807, 2.05) is 32.0 Å². The van der Waals surface area contributed by atoms with Gasteiger partial charge >= 0.3 is 0 Å². The fourth-order valence-corrected chi connectivity index (χ4v) is 3.70. The second-order valence-electron chi connectivity index (χ2n) is 5.41. The predicted molar refractivity (Wildman–Crippen MR) is 97.6 cm³/mol. The fraction of sp³-hybridized carbons (Fsp3) is 0.438. The van der Waals surface area contributed by atoms with E-state index in [2.05, 4.69) is 33.8 Å². The third kappa shape index (κ3) is 6.19. The summed E-state index contributed by atoms with van der Waals surface area (Å²) in [5.41, 5.74) is 2.18. The van der Waals surface area contributed by atoms with Gasteiger partial charge in [0.15, 0.2) is 4.34 Å². The minimum atomic E-state index is 0.0411. The lowest BCUT2D eigenvalue weighted by Gasteiger charge is -2.11. The molecule has 0 bridgehead atoms. The molecule has 7 heteroatoms. The number of benzene rings is 1. The molecule has 2 N–H and O–H groups in total. The van der Waals surface area contributed by atoms with E-state index in [4.69, 9.17) is 0 Å². The fourth-order valence-electron chi connectivity index (χ4n) is 2.11. The molecule has 124 valence electrons. The summed E-state index contributed by atoms with van der Waals surface area (Å²) in [6.07, 6.45) is 2.07. The van der Waals surface area contributed by atoms with Crippen LogP contribution in [0.1, 0.15) is 32.3 Å². The summed E-state index contributed by atoms with van der Waals surface area (Å²) in [5.74, 6) is 0.409. The van der Waals surface area contributed by atoms with Crippen LogP contribution < -0.4 is 10.6 Å². The number of aryl methyl sites for hydroxylation is 1. The highest BCUT2D eigenvalue weighted by Gasteiger charge is 2.10. The van der Waals surface area contributed by atoms with Crippen LogP contribution in [-0.2, 0) is 4.79 Å². The number of aromatic nitrogens is 2. The highest BCUT2D eigenvalue weighted by Crippen LogP contribution is 2.27. The van der Waals surface area contributed by atoms with Crippen LogP contribution in [0.15, 0.2) is 28.6 Å². The molecule has 0 aliphatic rings. The van der Waals surface area contributed by atoms with E-state index in [1.54, 1.807) is 0 Å². The highest BCUT2D eigenvalue weighted by atomic mass is 32.2. The molecule has 0 aliphatic carbocycles. The van der Waals surface area contributed by atoms with Gasteiger partial charge in [0.05, 0.1) is 5.75 Å². The van der Waals surface area contributed by atoms with Crippen molar-refractivity contribution in [1.82, 2.24) is 15.5 Å². The zero-order valence-corrected chi connectivity index (χ0v) is 15.3. The number of rotatable bonds is 8. The molecule has 0 saturated carbocycles. The topological polar surface area (TPSA) is 66.9 Å². The van der Waals surface area contributed by atoms with Gasteiger partial charge in [-0.05, 0) is 38.0 Å². The van der Waals surface area contributed by atoms with Crippen molar-refractivity contribution in [3.05, 3.63) is 29.8 Å². The van der Waals surface area contributed by atoms with E-state index in [-0.39, 0.29) is 11.9 Å². The largest absolute Gasteiger partial charge is 0.353 e. The summed E-state index contributed by atoms with van der Waals surface area (Å²) >= 11 is 2.87. The average molecular weight is 351 g/mol. The summed E-state index contributed by atoms with van der Waals surface area (Å²) in [5, 5.41) is 15.2. The maximum atomic E-state index is 11.8. The quantitative estimate of drug-likeness (QED) is 0.705. The van der Waals surface area contributed by atoms with Crippen LogP contribution in [0.3, 0.4) is 0 Å². The first-order chi connectivity index (χ1) is 11.1. The van der Waals surface area contributed by atoms with Crippen molar-refractivity contribution >= 4 is 39.8 Å². The molecule has 1 atom stereocenters. The molecule has 0 radical (unpaired) electrons. The molecular formula is C16H22N4OS2. The molecule has 2 rings (SSSR count). The Morgan fingerprint density at radius 2 is 2.22 bits per heavy atom. The lowest BCUT2D eigenvalue weighted by molar-refractivity contribution is -0.119. The second kappa shape index (κ2) is 8.88. The van der Waals surface area contributed by atoms with Gasteiger partial charge in [0.1, 0.15) is 0 Å². The van der Waals surface area contributed by atoms with Gasteiger partial charge < -0.3 is 10.6 Å². The van der Waals surface area contributed by atoms with Gasteiger partial charge in [-0.25, -0.2) is 0 Å². The van der Waals surface area contributed by atoms with Crippen molar-refractivity contribution < 1.29 is 4.79 Å². The molecule has 0 saturated heterocycles. The average Bonchev–Trinajstić information content (AvgIpc) is 2.93. The molecule has 0 spiro atoms. The summed E-state index contributed by atoms with van der Waals surface area (Å²) in [6, 6.07) is 8.31. The van der Waals surface area contributed by atoms with Crippen LogP contribution in [0, 0.1) is 6.92 Å². The van der Waals surface area contributed by atoms with Crippen LogP contribution in [0.2, 0.25) is 0 Å². The van der Waals surface area contributed by atoms with E-state index in [0.29, 0.717) is 5.75 Å². The standard InChI is InChI=1S/C16H22N4OS2/c1-4-6-12(3)17-14(21)10-22-16-20-19-15(23-16)18-13-8-5-7-11(2)9-13/h5,7-9,12H,4,6,10H2,1-3H3,(H,17,21)(H,18,19). The maximum absolute atomic E-state index is 11.8. The first-order valence-corrected chi connectivity index (χ1v) is 9.46. The van der Waals surface area contributed by atoms with Crippen LogP contribution in [0.25, 0.3) is 0 Å². The molecule has 1 unspecified atom stereocenters. The third-order valence-corrected chi connectivity index (χ3v) is 5.10. The van der Waals surface area contributed by atoms with Gasteiger partial charge in [-0.3, -0.25) is 4.79 Å². The Balaban J connectivity index is 1.82. The van der Waals surface area contributed by atoms with Gasteiger partial charge in [-0.15, -0.1) is 10.2 Å². The summed E-state index contributed by atoms with van der Waals surface area (Å²) in [4.78, 5) is 11.8. The van der Waals surface area contributed by atoms with E-state index in [0.717, 1.165) is 28.0 Å². The SMILES string of the molecule is CCCC(C)NC(=O)CSc1nnc(Nc2cccc(C)c2)s1. The Hall–Kier alpha value is -1.60. The van der Waals surface area contributed by atoms with Gasteiger partial charge in [0, 0.05) is 11.7 Å². The Bertz CT molecular complexity index is 645. The monoisotopic (exact) mass is 350 g/mol. The Morgan fingerprint density at radius 3 is 2.96 bits per heavy atom. The van der Waals surface area contributed by atoms with Gasteiger partial charge in [0.25, 0.3) is 0 Å². The Morgan fingerprint density at radius 1 is 1.39 bits per heavy atom. The number of hydrogen-bond acceptors (Lipinski definition) is 6. The summed E-state index contributed by atoms with van der Waals surface area (Å²) in [7, 11) is 0. The van der Waals surface area contributed by atoms with Crippen molar-refractivity contribution in [2.24, 2.45) is 0 Å². The van der Waals surface area contributed by atoms with Crippen molar-refractivity contribution in [3.63, 3.8) is 0 Å². The molecule has 0 fully saturated rings. The van der Waals surface area contributed by atoms with Crippen molar-refractivity contribution in [3.8, 4) is 0 Å². The number of nitrogens with one attached hydrogen (secondary N) is 2. The first-order valence-electron chi connectivity index (χ1n) is 7.66. The van der Waals surface area contributed by atoms with Crippen LogP contribution in [-0.4, -0.2) is 27.9 Å². The minimum absolute atomic E-state index is 0.0411. The number of carbonyl (C=O) groups is 1. The van der Waals surface area contributed by atoms with Crippen LogP contribution in [0.5, 0.6) is 0 Å². The number of nitrogens with zero attached hydrogens (tertiary/aromatic N) is 2. The molecular weight excluding hydrogens is 328 g/mol. The van der Waals surface area contributed by atoms with Gasteiger partial charge in [-0.2, -0.15) is 0 Å². The Labute approximate surface area is 145 Å². The molecule has 1 heterocycles. The zero-order chi connectivity index (χ0) is 16.7. The zero-order valence-electron chi connectivity index (χ0n) is 13.6. The molecule has 2 aromatic rings. The molecule has 1 amide bonds. The summed E-state index contributed by atoms with van der Waals surface area (Å²) < 4.78 is 0.790. The number of thioether (sulfide) groups is 1. The first kappa shape index (κ1) is 17.7. The van der Waals surface area contributed by atoms with Crippen molar-refractivity contribution in [1.29, 1.82) is 0 Å². The second-order valence-corrected chi connectivity index (χ2v) is 7.61. The molecule has 1 aromatic heterocycles. The number of amides is 1. The number of carbonyl (C=O) groups excluding carboxylic acids is 1. The number of hydrogen-bond donors (Lipinski definition) is 2. The van der Waals surface area contributed by atoms with Crippen LogP contribution >= 0.6 is 23.1 Å². The third-order valence-electron chi connectivity index (χ3n) is 3.13. The lowest BCUT2D eigenvalue weighted by Crippen LogP contribution is -2.33. The van der Waals surface area contributed by atoms with E-state index in [1.165, 1.54) is 28.7 Å². The molecule has 5 nitrogen and oxygen atoms in total. The summed E-state index contributed by atoms with van der Waals surface area (Å²) in [6.45, 7) is 6.19. The minimum Gasteiger partial charge on any atom is -0.353 e. The van der Waals surface area contributed by atoms with Crippen molar-refractivity contribution in [2.45, 2.75) is 44.0 Å². The van der Waals surface area contributed by atoms with Gasteiger partial charge in [0.2, 0.25) is 11.0 Å². The van der Waals surface area contributed by atoms with Gasteiger partial charge in [-0.1, -0.05) is 48.6 Å². The van der Waals surface area contributed by atoms with Crippen LogP contribution in [0.4, 0.5) is 10.8 Å². The lowest BCUT2D eigenvalue weighted by atomic mass is 10.2. The predicted octanol–water partition coefficient (Wildman–Crippen LogP) is 3.99.